The second kappa shape index (κ2) is 9.00. The third kappa shape index (κ3) is 5.86. The Kier molecular flexibility index (Phi) is 7.87. The molecule has 0 spiro atoms. The SMILES string of the molecule is CCCCOC1CCCC(OCCCC)C1. The van der Waals surface area contributed by atoms with Crippen LogP contribution in [0.1, 0.15) is 65.2 Å². The van der Waals surface area contributed by atoms with Crippen LogP contribution in [0.25, 0.3) is 0 Å². The second-order valence-corrected chi connectivity index (χ2v) is 4.86. The summed E-state index contributed by atoms with van der Waals surface area (Å²) in [6, 6.07) is 0. The number of rotatable bonds is 8. The summed E-state index contributed by atoms with van der Waals surface area (Å²) in [5.41, 5.74) is 0. The Labute approximate surface area is 101 Å². The van der Waals surface area contributed by atoms with E-state index >= 15 is 0 Å². The summed E-state index contributed by atoms with van der Waals surface area (Å²) < 4.78 is 11.8. The molecule has 0 aromatic carbocycles. The predicted molar refractivity (Wildman–Crippen MR) is 67.8 cm³/mol. The first kappa shape index (κ1) is 14.0. The Morgan fingerprint density at radius 2 is 1.38 bits per heavy atom. The zero-order valence-corrected chi connectivity index (χ0v) is 11.0. The quantitative estimate of drug-likeness (QED) is 0.586. The molecule has 0 radical (unpaired) electrons. The molecule has 2 heteroatoms. The molecule has 1 aliphatic carbocycles. The summed E-state index contributed by atoms with van der Waals surface area (Å²) in [5.74, 6) is 0. The lowest BCUT2D eigenvalue weighted by atomic mass is 9.95. The monoisotopic (exact) mass is 228 g/mol. The van der Waals surface area contributed by atoms with Crippen molar-refractivity contribution in [2.75, 3.05) is 13.2 Å². The van der Waals surface area contributed by atoms with Crippen molar-refractivity contribution in [3.8, 4) is 0 Å². The van der Waals surface area contributed by atoms with Crippen molar-refractivity contribution in [1.82, 2.24) is 0 Å². The summed E-state index contributed by atoms with van der Waals surface area (Å²) in [6.45, 7) is 6.29. The van der Waals surface area contributed by atoms with E-state index in [2.05, 4.69) is 13.8 Å². The fourth-order valence-corrected chi connectivity index (χ4v) is 2.19. The number of unbranched alkanes of at least 4 members (excludes halogenated alkanes) is 2. The van der Waals surface area contributed by atoms with Gasteiger partial charge in [0, 0.05) is 13.2 Å². The summed E-state index contributed by atoms with van der Waals surface area (Å²) >= 11 is 0. The Balaban J connectivity index is 2.09. The maximum Gasteiger partial charge on any atom is 0.0599 e. The summed E-state index contributed by atoms with van der Waals surface area (Å²) in [5, 5.41) is 0. The van der Waals surface area contributed by atoms with Gasteiger partial charge in [-0.05, 0) is 38.5 Å². The van der Waals surface area contributed by atoms with E-state index in [1.165, 1.54) is 44.9 Å². The highest BCUT2D eigenvalue weighted by Gasteiger charge is 2.22. The van der Waals surface area contributed by atoms with Gasteiger partial charge in [-0.2, -0.15) is 0 Å². The molecule has 0 aliphatic heterocycles. The van der Waals surface area contributed by atoms with E-state index in [1.807, 2.05) is 0 Å². The minimum atomic E-state index is 0.465. The highest BCUT2D eigenvalue weighted by molar-refractivity contribution is 4.73. The van der Waals surface area contributed by atoms with Crippen LogP contribution in [0.4, 0.5) is 0 Å². The van der Waals surface area contributed by atoms with Gasteiger partial charge in [-0.25, -0.2) is 0 Å². The zero-order chi connectivity index (χ0) is 11.6. The van der Waals surface area contributed by atoms with Crippen LogP contribution in [0.5, 0.6) is 0 Å². The van der Waals surface area contributed by atoms with Crippen LogP contribution in [0.3, 0.4) is 0 Å². The van der Waals surface area contributed by atoms with Crippen molar-refractivity contribution in [2.45, 2.75) is 77.4 Å². The average Bonchev–Trinajstić information content (AvgIpc) is 2.30. The van der Waals surface area contributed by atoms with Crippen LogP contribution < -0.4 is 0 Å². The topological polar surface area (TPSA) is 18.5 Å². The zero-order valence-electron chi connectivity index (χ0n) is 11.0. The van der Waals surface area contributed by atoms with Crippen molar-refractivity contribution in [3.63, 3.8) is 0 Å². The van der Waals surface area contributed by atoms with Gasteiger partial charge in [0.2, 0.25) is 0 Å². The lowest BCUT2D eigenvalue weighted by Gasteiger charge is -2.29. The fraction of sp³-hybridized carbons (Fsp3) is 1.00. The van der Waals surface area contributed by atoms with Gasteiger partial charge in [0.15, 0.2) is 0 Å². The Bertz CT molecular complexity index is 143. The van der Waals surface area contributed by atoms with E-state index in [9.17, 15) is 0 Å². The van der Waals surface area contributed by atoms with Crippen LogP contribution in [0, 0.1) is 0 Å². The minimum absolute atomic E-state index is 0.465. The molecule has 1 rings (SSSR count). The maximum atomic E-state index is 5.88. The third-order valence-corrected chi connectivity index (χ3v) is 3.28. The third-order valence-electron chi connectivity index (χ3n) is 3.28. The normalized spacial score (nSPS) is 25.9. The van der Waals surface area contributed by atoms with Crippen LogP contribution >= 0.6 is 0 Å². The summed E-state index contributed by atoms with van der Waals surface area (Å²) in [4.78, 5) is 0. The molecule has 0 amide bonds. The van der Waals surface area contributed by atoms with E-state index in [-0.39, 0.29) is 0 Å². The van der Waals surface area contributed by atoms with Crippen molar-refractivity contribution in [2.24, 2.45) is 0 Å². The van der Waals surface area contributed by atoms with Gasteiger partial charge in [0.05, 0.1) is 12.2 Å². The molecule has 0 aromatic rings. The molecule has 96 valence electrons. The van der Waals surface area contributed by atoms with Crippen molar-refractivity contribution >= 4 is 0 Å². The molecule has 0 bridgehead atoms. The first-order valence-electron chi connectivity index (χ1n) is 7.10. The molecule has 0 aromatic heterocycles. The molecule has 2 atom stereocenters. The van der Waals surface area contributed by atoms with E-state index in [0.717, 1.165) is 19.6 Å². The fourth-order valence-electron chi connectivity index (χ4n) is 2.19. The predicted octanol–water partition coefficient (Wildman–Crippen LogP) is 3.93. The molecular formula is C14H28O2. The van der Waals surface area contributed by atoms with E-state index in [1.54, 1.807) is 0 Å². The molecular weight excluding hydrogens is 200 g/mol. The van der Waals surface area contributed by atoms with E-state index in [0.29, 0.717) is 12.2 Å². The van der Waals surface area contributed by atoms with Crippen LogP contribution in [-0.2, 0) is 9.47 Å². The van der Waals surface area contributed by atoms with Gasteiger partial charge in [-0.15, -0.1) is 0 Å². The molecule has 1 aliphatic rings. The summed E-state index contributed by atoms with van der Waals surface area (Å²) in [7, 11) is 0. The van der Waals surface area contributed by atoms with E-state index < -0.39 is 0 Å². The summed E-state index contributed by atoms with van der Waals surface area (Å²) in [6.07, 6.45) is 10.6. The Morgan fingerprint density at radius 1 is 0.875 bits per heavy atom. The number of ether oxygens (including phenoxy) is 2. The first-order chi connectivity index (χ1) is 7.86. The largest absolute Gasteiger partial charge is 0.378 e. The highest BCUT2D eigenvalue weighted by Crippen LogP contribution is 2.23. The van der Waals surface area contributed by atoms with Crippen molar-refractivity contribution in [3.05, 3.63) is 0 Å². The van der Waals surface area contributed by atoms with Gasteiger partial charge < -0.3 is 9.47 Å². The minimum Gasteiger partial charge on any atom is -0.378 e. The number of hydrogen-bond donors (Lipinski definition) is 0. The van der Waals surface area contributed by atoms with Crippen LogP contribution in [0.2, 0.25) is 0 Å². The molecule has 1 fully saturated rings. The standard InChI is InChI=1S/C14H28O2/c1-3-5-10-15-13-8-7-9-14(12-13)16-11-6-4-2/h13-14H,3-12H2,1-2H3. The van der Waals surface area contributed by atoms with Crippen LogP contribution in [0.15, 0.2) is 0 Å². The first-order valence-corrected chi connectivity index (χ1v) is 7.10. The second-order valence-electron chi connectivity index (χ2n) is 4.86. The average molecular weight is 228 g/mol. The van der Waals surface area contributed by atoms with Gasteiger partial charge in [-0.3, -0.25) is 0 Å². The smallest absolute Gasteiger partial charge is 0.0599 e. The lowest BCUT2D eigenvalue weighted by molar-refractivity contribution is -0.0455. The van der Waals surface area contributed by atoms with Crippen molar-refractivity contribution < 1.29 is 9.47 Å². The van der Waals surface area contributed by atoms with Gasteiger partial charge in [0.25, 0.3) is 0 Å². The Hall–Kier alpha value is -0.0800. The molecule has 1 saturated carbocycles. The van der Waals surface area contributed by atoms with E-state index in [4.69, 9.17) is 9.47 Å². The number of hydrogen-bond acceptors (Lipinski definition) is 2. The van der Waals surface area contributed by atoms with Gasteiger partial charge in [0.1, 0.15) is 0 Å². The van der Waals surface area contributed by atoms with Gasteiger partial charge in [-0.1, -0.05) is 26.7 Å². The molecule has 0 N–H and O–H groups in total. The molecule has 16 heavy (non-hydrogen) atoms. The van der Waals surface area contributed by atoms with Crippen molar-refractivity contribution in [1.29, 1.82) is 0 Å². The molecule has 0 saturated heterocycles. The molecule has 2 unspecified atom stereocenters. The lowest BCUT2D eigenvalue weighted by Crippen LogP contribution is -2.28. The Morgan fingerprint density at radius 3 is 1.81 bits per heavy atom. The van der Waals surface area contributed by atoms with Gasteiger partial charge >= 0.3 is 0 Å². The molecule has 2 nitrogen and oxygen atoms in total. The van der Waals surface area contributed by atoms with Crippen LogP contribution in [-0.4, -0.2) is 25.4 Å². The maximum absolute atomic E-state index is 5.88. The molecule has 0 heterocycles. The highest BCUT2D eigenvalue weighted by atomic mass is 16.5.